The van der Waals surface area contributed by atoms with Crippen molar-refractivity contribution in [2.75, 3.05) is 40.5 Å². The van der Waals surface area contributed by atoms with Gasteiger partial charge < -0.3 is 23.7 Å². The zero-order chi connectivity index (χ0) is 24.5. The molecule has 0 bridgehead atoms. The average molecular weight is 478 g/mol. The normalized spacial score (nSPS) is 13.9. The van der Waals surface area contributed by atoms with Crippen molar-refractivity contribution in [3.63, 3.8) is 0 Å². The van der Waals surface area contributed by atoms with E-state index >= 15 is 0 Å². The molecule has 0 amide bonds. The molecule has 0 aliphatic carbocycles. The van der Waals surface area contributed by atoms with Crippen LogP contribution in [0, 0.1) is 0 Å². The summed E-state index contributed by atoms with van der Waals surface area (Å²) in [4.78, 5) is 2.37. The number of hydrogen-bond donors (Lipinski definition) is 0. The Morgan fingerprint density at radius 3 is 2.09 bits per heavy atom. The van der Waals surface area contributed by atoms with Crippen LogP contribution in [0.1, 0.15) is 30.0 Å². The summed E-state index contributed by atoms with van der Waals surface area (Å²) in [7, 11) is 3.32. The number of hydrogen-bond acceptors (Lipinski definition) is 6. The highest BCUT2D eigenvalue weighted by Gasteiger charge is 2.19. The number of ether oxygens (including phenoxy) is 5. The largest absolute Gasteiger partial charge is 0.497 e. The van der Waals surface area contributed by atoms with Crippen LogP contribution in [-0.4, -0.2) is 45.4 Å². The van der Waals surface area contributed by atoms with E-state index in [2.05, 4.69) is 30.0 Å². The number of rotatable bonds is 11. The molecule has 0 unspecified atom stereocenters. The molecule has 3 aromatic carbocycles. The molecule has 6 nitrogen and oxygen atoms in total. The van der Waals surface area contributed by atoms with Gasteiger partial charge in [-0.25, -0.2) is 0 Å². The fraction of sp³-hybridized carbons (Fsp3) is 0.379. The maximum atomic E-state index is 6.37. The van der Waals surface area contributed by atoms with Crippen LogP contribution < -0.4 is 18.9 Å². The number of benzene rings is 3. The van der Waals surface area contributed by atoms with E-state index in [1.54, 1.807) is 14.2 Å². The third-order valence-electron chi connectivity index (χ3n) is 6.04. The van der Waals surface area contributed by atoms with Gasteiger partial charge in [-0.1, -0.05) is 37.6 Å². The second kappa shape index (κ2) is 12.5. The molecule has 4 rings (SSSR count). The van der Waals surface area contributed by atoms with Crippen LogP contribution in [0.25, 0.3) is 0 Å². The summed E-state index contributed by atoms with van der Waals surface area (Å²) >= 11 is 0. The minimum atomic E-state index is 0.384. The van der Waals surface area contributed by atoms with E-state index in [4.69, 9.17) is 23.7 Å². The number of aryl methyl sites for hydroxylation is 1. The molecule has 0 spiro atoms. The van der Waals surface area contributed by atoms with E-state index in [0.717, 1.165) is 68.3 Å². The monoisotopic (exact) mass is 477 g/mol. The van der Waals surface area contributed by atoms with E-state index < -0.39 is 0 Å². The zero-order valence-corrected chi connectivity index (χ0v) is 20.9. The van der Waals surface area contributed by atoms with Crippen LogP contribution in [0.3, 0.4) is 0 Å². The Hall–Kier alpha value is -3.22. The molecule has 1 heterocycles. The number of nitrogens with zero attached hydrogens (tertiary/aromatic N) is 1. The minimum absolute atomic E-state index is 0.384. The lowest BCUT2D eigenvalue weighted by Crippen LogP contribution is -2.35. The van der Waals surface area contributed by atoms with Crippen molar-refractivity contribution >= 4 is 0 Å². The van der Waals surface area contributed by atoms with Crippen molar-refractivity contribution < 1.29 is 23.7 Å². The number of methoxy groups -OCH3 is 2. The van der Waals surface area contributed by atoms with Gasteiger partial charge in [-0.2, -0.15) is 0 Å². The molecule has 1 aliphatic rings. The number of morpholine rings is 1. The second-order valence-electron chi connectivity index (χ2n) is 8.65. The molecule has 1 aliphatic heterocycles. The molecule has 3 aromatic rings. The Morgan fingerprint density at radius 2 is 1.43 bits per heavy atom. The lowest BCUT2D eigenvalue weighted by atomic mass is 10.1. The van der Waals surface area contributed by atoms with Crippen LogP contribution >= 0.6 is 0 Å². The summed E-state index contributed by atoms with van der Waals surface area (Å²) in [6.45, 7) is 6.70. The van der Waals surface area contributed by atoms with Gasteiger partial charge in [0.25, 0.3) is 0 Å². The van der Waals surface area contributed by atoms with Crippen molar-refractivity contribution in [2.24, 2.45) is 0 Å². The molecule has 0 N–H and O–H groups in total. The van der Waals surface area contributed by atoms with Crippen LogP contribution in [-0.2, 0) is 24.3 Å². The van der Waals surface area contributed by atoms with Crippen LogP contribution in [0.2, 0.25) is 0 Å². The van der Waals surface area contributed by atoms with E-state index in [9.17, 15) is 0 Å². The topological polar surface area (TPSA) is 49.4 Å². The highest BCUT2D eigenvalue weighted by Crippen LogP contribution is 2.42. The molecular weight excluding hydrogens is 442 g/mol. The summed E-state index contributed by atoms with van der Waals surface area (Å²) in [5, 5.41) is 0. The quantitative estimate of drug-likeness (QED) is 0.345. The van der Waals surface area contributed by atoms with E-state index in [1.165, 1.54) is 5.56 Å². The molecule has 35 heavy (non-hydrogen) atoms. The summed E-state index contributed by atoms with van der Waals surface area (Å²) in [6, 6.07) is 20.2. The second-order valence-corrected chi connectivity index (χ2v) is 8.65. The molecular formula is C29H35NO5. The third-order valence-corrected chi connectivity index (χ3v) is 6.04. The fourth-order valence-corrected chi connectivity index (χ4v) is 4.13. The first-order valence-electron chi connectivity index (χ1n) is 12.2. The SMILES string of the molecule is CCCc1ccc(Oc2cc(CN3CCOCC3)cc(OC)c2OCc2ccc(OC)cc2)cc1. The first-order chi connectivity index (χ1) is 17.2. The highest BCUT2D eigenvalue weighted by molar-refractivity contribution is 5.55. The molecule has 0 atom stereocenters. The van der Waals surface area contributed by atoms with Crippen LogP contribution in [0.4, 0.5) is 0 Å². The van der Waals surface area contributed by atoms with Crippen molar-refractivity contribution in [1.82, 2.24) is 4.90 Å². The van der Waals surface area contributed by atoms with Gasteiger partial charge in [-0.3, -0.25) is 4.90 Å². The maximum Gasteiger partial charge on any atom is 0.204 e. The van der Waals surface area contributed by atoms with Crippen LogP contribution in [0.5, 0.6) is 28.7 Å². The van der Waals surface area contributed by atoms with Crippen molar-refractivity contribution in [3.05, 3.63) is 77.4 Å². The zero-order valence-electron chi connectivity index (χ0n) is 20.9. The van der Waals surface area contributed by atoms with E-state index in [0.29, 0.717) is 23.9 Å². The Bertz CT molecular complexity index is 1060. The predicted octanol–water partition coefficient (Wildman–Crippen LogP) is 5.86. The molecule has 1 saturated heterocycles. The van der Waals surface area contributed by atoms with Crippen LogP contribution in [0.15, 0.2) is 60.7 Å². The van der Waals surface area contributed by atoms with E-state index in [1.807, 2.05) is 42.5 Å². The maximum absolute atomic E-state index is 6.37. The fourth-order valence-electron chi connectivity index (χ4n) is 4.13. The van der Waals surface area contributed by atoms with E-state index in [-0.39, 0.29) is 0 Å². The van der Waals surface area contributed by atoms with Gasteiger partial charge in [0.05, 0.1) is 27.4 Å². The molecule has 0 aromatic heterocycles. The molecule has 6 heteroatoms. The summed E-state index contributed by atoms with van der Waals surface area (Å²) in [6.07, 6.45) is 2.17. The van der Waals surface area contributed by atoms with Gasteiger partial charge in [0.15, 0.2) is 11.5 Å². The Labute approximate surface area is 208 Å². The van der Waals surface area contributed by atoms with Gasteiger partial charge in [-0.05, 0) is 59.5 Å². The lowest BCUT2D eigenvalue weighted by Gasteiger charge is -2.27. The molecule has 0 radical (unpaired) electrons. The van der Waals surface area contributed by atoms with Gasteiger partial charge in [0.2, 0.25) is 5.75 Å². The molecule has 186 valence electrons. The first-order valence-corrected chi connectivity index (χ1v) is 12.2. The molecule has 0 saturated carbocycles. The summed E-state index contributed by atoms with van der Waals surface area (Å²) < 4.78 is 29.2. The van der Waals surface area contributed by atoms with Crippen molar-refractivity contribution in [3.8, 4) is 28.7 Å². The molecule has 1 fully saturated rings. The van der Waals surface area contributed by atoms with Gasteiger partial charge in [0, 0.05) is 19.6 Å². The smallest absolute Gasteiger partial charge is 0.204 e. The third kappa shape index (κ3) is 6.90. The van der Waals surface area contributed by atoms with Crippen molar-refractivity contribution in [2.45, 2.75) is 32.9 Å². The van der Waals surface area contributed by atoms with Crippen molar-refractivity contribution in [1.29, 1.82) is 0 Å². The van der Waals surface area contributed by atoms with Gasteiger partial charge >= 0.3 is 0 Å². The first kappa shape index (κ1) is 24.9. The highest BCUT2D eigenvalue weighted by atomic mass is 16.5. The average Bonchev–Trinajstić information content (AvgIpc) is 2.90. The Kier molecular flexibility index (Phi) is 8.87. The lowest BCUT2D eigenvalue weighted by molar-refractivity contribution is 0.0341. The Balaban J connectivity index is 1.60. The Morgan fingerprint density at radius 1 is 0.771 bits per heavy atom. The summed E-state index contributed by atoms with van der Waals surface area (Å²) in [5.74, 6) is 3.47. The van der Waals surface area contributed by atoms with Gasteiger partial charge in [0.1, 0.15) is 18.1 Å². The predicted molar refractivity (Wildman–Crippen MR) is 137 cm³/mol. The summed E-state index contributed by atoms with van der Waals surface area (Å²) in [5.41, 5.74) is 3.44. The minimum Gasteiger partial charge on any atom is -0.497 e. The standard InChI is InChI=1S/C29H35NO5/c1-4-5-22-6-12-26(13-7-22)35-28-19-24(20-30-14-16-33-17-15-30)18-27(32-3)29(28)34-21-23-8-10-25(31-2)11-9-23/h6-13,18-19H,4-5,14-17,20-21H2,1-3H3. The van der Waals surface area contributed by atoms with Gasteiger partial charge in [-0.15, -0.1) is 0 Å².